The third kappa shape index (κ3) is 3.22. The Morgan fingerprint density at radius 1 is 1.15 bits per heavy atom. The van der Waals surface area contributed by atoms with Crippen LogP contribution in [0, 0.1) is 0 Å². The molecule has 1 aliphatic heterocycles. The molecule has 2 aromatic carbocycles. The summed E-state index contributed by atoms with van der Waals surface area (Å²) in [5.74, 6) is 0.111. The highest BCUT2D eigenvalue weighted by atomic mass is 16.2. The second-order valence-electron chi connectivity index (χ2n) is 7.18. The van der Waals surface area contributed by atoms with Crippen molar-refractivity contribution in [1.29, 1.82) is 0 Å². The van der Waals surface area contributed by atoms with Crippen molar-refractivity contribution < 1.29 is 4.79 Å². The zero-order chi connectivity index (χ0) is 18.1. The molecule has 0 saturated heterocycles. The van der Waals surface area contributed by atoms with Crippen LogP contribution in [0.4, 0.5) is 0 Å². The van der Waals surface area contributed by atoms with E-state index < -0.39 is 0 Å². The Labute approximate surface area is 153 Å². The summed E-state index contributed by atoms with van der Waals surface area (Å²) in [5, 5.41) is 0. The van der Waals surface area contributed by atoms with Gasteiger partial charge in [0.2, 0.25) is 5.91 Å². The molecule has 1 amide bonds. The maximum absolute atomic E-state index is 12.7. The SMILES string of the molecule is CN(CC1Cc2ccccc2CN1C)C(=O)Cn1cnc2ccccc21. The van der Waals surface area contributed by atoms with E-state index in [9.17, 15) is 4.79 Å². The summed E-state index contributed by atoms with van der Waals surface area (Å²) in [5.41, 5.74) is 4.71. The summed E-state index contributed by atoms with van der Waals surface area (Å²) in [6, 6.07) is 16.8. The fourth-order valence-corrected chi connectivity index (χ4v) is 3.74. The molecule has 2 heterocycles. The normalized spacial score (nSPS) is 17.2. The highest BCUT2D eigenvalue weighted by Crippen LogP contribution is 2.22. The Hall–Kier alpha value is -2.66. The average Bonchev–Trinajstić information content (AvgIpc) is 3.05. The van der Waals surface area contributed by atoms with Gasteiger partial charge in [-0.1, -0.05) is 36.4 Å². The van der Waals surface area contributed by atoms with Crippen molar-refractivity contribution in [2.45, 2.75) is 25.6 Å². The number of para-hydroxylation sites is 2. The number of carbonyl (C=O) groups excluding carboxylic acids is 1. The molecule has 1 aliphatic rings. The zero-order valence-electron chi connectivity index (χ0n) is 15.3. The largest absolute Gasteiger partial charge is 0.343 e. The first-order valence-electron chi connectivity index (χ1n) is 9.02. The number of benzene rings is 2. The van der Waals surface area contributed by atoms with Crippen LogP contribution in [0.5, 0.6) is 0 Å². The molecule has 5 heteroatoms. The van der Waals surface area contributed by atoms with Crippen molar-refractivity contribution in [3.8, 4) is 0 Å². The van der Waals surface area contributed by atoms with E-state index in [0.29, 0.717) is 12.6 Å². The summed E-state index contributed by atoms with van der Waals surface area (Å²) in [7, 11) is 4.04. The van der Waals surface area contributed by atoms with Gasteiger partial charge in [-0.15, -0.1) is 0 Å². The van der Waals surface area contributed by atoms with Crippen LogP contribution >= 0.6 is 0 Å². The van der Waals surface area contributed by atoms with Crippen LogP contribution in [-0.4, -0.2) is 51.9 Å². The molecule has 1 unspecified atom stereocenters. The van der Waals surface area contributed by atoms with Crippen molar-refractivity contribution in [1.82, 2.24) is 19.4 Å². The first-order chi connectivity index (χ1) is 12.6. The highest BCUT2D eigenvalue weighted by molar-refractivity contribution is 5.80. The summed E-state index contributed by atoms with van der Waals surface area (Å²) in [6.07, 6.45) is 2.73. The molecule has 0 fully saturated rings. The van der Waals surface area contributed by atoms with Crippen molar-refractivity contribution in [2.24, 2.45) is 0 Å². The van der Waals surface area contributed by atoms with E-state index >= 15 is 0 Å². The van der Waals surface area contributed by atoms with E-state index in [1.807, 2.05) is 40.8 Å². The maximum Gasteiger partial charge on any atom is 0.242 e. The lowest BCUT2D eigenvalue weighted by Crippen LogP contribution is -2.46. The second-order valence-corrected chi connectivity index (χ2v) is 7.18. The number of rotatable bonds is 4. The number of imidazole rings is 1. The van der Waals surface area contributed by atoms with Crippen LogP contribution in [0.3, 0.4) is 0 Å². The highest BCUT2D eigenvalue weighted by Gasteiger charge is 2.25. The number of nitrogens with zero attached hydrogens (tertiary/aromatic N) is 4. The zero-order valence-corrected chi connectivity index (χ0v) is 15.3. The van der Waals surface area contributed by atoms with Crippen molar-refractivity contribution in [3.63, 3.8) is 0 Å². The Bertz CT molecular complexity index is 932. The molecule has 0 spiro atoms. The van der Waals surface area contributed by atoms with Crippen LogP contribution in [-0.2, 0) is 24.3 Å². The quantitative estimate of drug-likeness (QED) is 0.728. The summed E-state index contributed by atoms with van der Waals surface area (Å²) < 4.78 is 1.92. The third-order valence-corrected chi connectivity index (χ3v) is 5.36. The van der Waals surface area contributed by atoms with E-state index in [4.69, 9.17) is 0 Å². The number of carbonyl (C=O) groups is 1. The number of aromatic nitrogens is 2. The van der Waals surface area contributed by atoms with E-state index in [-0.39, 0.29) is 5.91 Å². The molecule has 0 radical (unpaired) electrons. The van der Waals surface area contributed by atoms with E-state index in [1.165, 1.54) is 11.1 Å². The van der Waals surface area contributed by atoms with Crippen LogP contribution in [0.2, 0.25) is 0 Å². The minimum Gasteiger partial charge on any atom is -0.343 e. The molecule has 1 atom stereocenters. The van der Waals surface area contributed by atoms with Gasteiger partial charge in [0, 0.05) is 26.2 Å². The molecular weight excluding hydrogens is 324 g/mol. The van der Waals surface area contributed by atoms with Crippen LogP contribution in [0.25, 0.3) is 11.0 Å². The monoisotopic (exact) mass is 348 g/mol. The number of fused-ring (bicyclic) bond motifs is 2. The van der Waals surface area contributed by atoms with E-state index in [0.717, 1.165) is 30.5 Å². The fourth-order valence-electron chi connectivity index (χ4n) is 3.74. The molecular formula is C21H24N4O. The first-order valence-corrected chi connectivity index (χ1v) is 9.02. The van der Waals surface area contributed by atoms with Gasteiger partial charge in [-0.05, 0) is 36.7 Å². The topological polar surface area (TPSA) is 41.4 Å². The lowest BCUT2D eigenvalue weighted by atomic mass is 9.94. The minimum atomic E-state index is 0.111. The van der Waals surface area contributed by atoms with Crippen molar-refractivity contribution in [2.75, 3.05) is 20.6 Å². The van der Waals surface area contributed by atoms with Gasteiger partial charge in [0.15, 0.2) is 0 Å². The fraction of sp³-hybridized carbons (Fsp3) is 0.333. The van der Waals surface area contributed by atoms with Gasteiger partial charge in [-0.3, -0.25) is 9.69 Å². The predicted octanol–water partition coefficient (Wildman–Crippen LogP) is 2.55. The minimum absolute atomic E-state index is 0.111. The van der Waals surface area contributed by atoms with Gasteiger partial charge in [-0.2, -0.15) is 0 Å². The van der Waals surface area contributed by atoms with Crippen LogP contribution in [0.15, 0.2) is 54.9 Å². The third-order valence-electron chi connectivity index (χ3n) is 5.36. The maximum atomic E-state index is 12.7. The van der Waals surface area contributed by atoms with E-state index in [2.05, 4.69) is 41.2 Å². The standard InChI is InChI=1S/C21H24N4O/c1-23-12-17-8-4-3-7-16(17)11-18(23)13-24(2)21(26)14-25-15-22-19-9-5-6-10-20(19)25/h3-10,15,18H,11-14H2,1-2H3. The molecule has 5 nitrogen and oxygen atoms in total. The molecule has 134 valence electrons. The molecule has 3 aromatic rings. The number of amides is 1. The Morgan fingerprint density at radius 2 is 1.88 bits per heavy atom. The smallest absolute Gasteiger partial charge is 0.242 e. The van der Waals surface area contributed by atoms with Crippen LogP contribution in [0.1, 0.15) is 11.1 Å². The van der Waals surface area contributed by atoms with Gasteiger partial charge in [0.1, 0.15) is 6.54 Å². The summed E-state index contributed by atoms with van der Waals surface area (Å²) >= 11 is 0. The lowest BCUT2D eigenvalue weighted by Gasteiger charge is -2.36. The van der Waals surface area contributed by atoms with E-state index in [1.54, 1.807) is 6.33 Å². The summed E-state index contributed by atoms with van der Waals surface area (Å²) in [4.78, 5) is 21.3. The van der Waals surface area contributed by atoms with Crippen molar-refractivity contribution in [3.05, 3.63) is 66.0 Å². The summed E-state index contributed by atoms with van der Waals surface area (Å²) in [6.45, 7) is 2.00. The molecule has 0 aliphatic carbocycles. The number of likely N-dealkylation sites (N-methyl/N-ethyl adjacent to an activating group) is 2. The van der Waals surface area contributed by atoms with Crippen molar-refractivity contribution >= 4 is 16.9 Å². The Morgan fingerprint density at radius 3 is 2.73 bits per heavy atom. The lowest BCUT2D eigenvalue weighted by molar-refractivity contribution is -0.131. The Kier molecular flexibility index (Phi) is 4.47. The second kappa shape index (κ2) is 6.92. The van der Waals surface area contributed by atoms with Gasteiger partial charge in [0.25, 0.3) is 0 Å². The molecule has 4 rings (SSSR count). The predicted molar refractivity (Wildman–Crippen MR) is 103 cm³/mol. The number of hydrogen-bond donors (Lipinski definition) is 0. The van der Waals surface area contributed by atoms with Gasteiger partial charge in [0.05, 0.1) is 17.4 Å². The molecule has 1 aromatic heterocycles. The molecule has 26 heavy (non-hydrogen) atoms. The first kappa shape index (κ1) is 16.8. The molecule has 0 bridgehead atoms. The molecule has 0 saturated carbocycles. The van der Waals surface area contributed by atoms with Crippen LogP contribution < -0.4 is 0 Å². The Balaban J connectivity index is 1.43. The van der Waals surface area contributed by atoms with Gasteiger partial charge >= 0.3 is 0 Å². The van der Waals surface area contributed by atoms with Gasteiger partial charge in [-0.25, -0.2) is 4.98 Å². The number of hydrogen-bond acceptors (Lipinski definition) is 3. The van der Waals surface area contributed by atoms with Gasteiger partial charge < -0.3 is 9.47 Å². The molecule has 0 N–H and O–H groups in total. The average molecular weight is 348 g/mol.